The smallest absolute Gasteiger partial charge is 0.232 e. The van der Waals surface area contributed by atoms with Crippen LogP contribution in [0.25, 0.3) is 0 Å². The van der Waals surface area contributed by atoms with Crippen molar-refractivity contribution in [1.29, 1.82) is 0 Å². The summed E-state index contributed by atoms with van der Waals surface area (Å²) in [4.78, 5) is 14.6. The topological polar surface area (TPSA) is 46.3 Å². The molecule has 1 aromatic carbocycles. The molecule has 0 aromatic heterocycles. The van der Waals surface area contributed by atoms with Crippen molar-refractivity contribution in [3.63, 3.8) is 0 Å². The maximum Gasteiger partial charge on any atom is 0.232 e. The molecular formula is C15H22N2O. The SMILES string of the molecule is CCC(C)(C)C(=O)N1c2ccc(N)cc2CC1C. The van der Waals surface area contributed by atoms with E-state index in [-0.39, 0.29) is 17.4 Å². The van der Waals surface area contributed by atoms with E-state index in [1.54, 1.807) is 0 Å². The monoisotopic (exact) mass is 246 g/mol. The van der Waals surface area contributed by atoms with E-state index in [2.05, 4.69) is 13.8 Å². The van der Waals surface area contributed by atoms with Gasteiger partial charge in [0, 0.05) is 22.8 Å². The van der Waals surface area contributed by atoms with Gasteiger partial charge in [-0.15, -0.1) is 0 Å². The first kappa shape index (κ1) is 12.9. The molecule has 18 heavy (non-hydrogen) atoms. The summed E-state index contributed by atoms with van der Waals surface area (Å²) >= 11 is 0. The second-order valence-electron chi connectivity index (χ2n) is 5.85. The molecule has 0 saturated carbocycles. The van der Waals surface area contributed by atoms with E-state index in [1.807, 2.05) is 36.9 Å². The van der Waals surface area contributed by atoms with Crippen LogP contribution in [0.5, 0.6) is 0 Å². The number of carbonyl (C=O) groups is 1. The van der Waals surface area contributed by atoms with E-state index in [0.29, 0.717) is 0 Å². The summed E-state index contributed by atoms with van der Waals surface area (Å²) in [6.45, 7) is 8.18. The molecule has 0 spiro atoms. The maximum absolute atomic E-state index is 12.7. The Balaban J connectivity index is 2.39. The molecule has 0 saturated heterocycles. The molecule has 0 fully saturated rings. The van der Waals surface area contributed by atoms with Crippen LogP contribution in [-0.2, 0) is 11.2 Å². The first-order valence-corrected chi connectivity index (χ1v) is 6.59. The minimum atomic E-state index is -0.308. The number of anilines is 2. The molecule has 1 aromatic rings. The quantitative estimate of drug-likeness (QED) is 0.815. The Bertz CT molecular complexity index is 479. The van der Waals surface area contributed by atoms with E-state index in [0.717, 1.165) is 24.2 Å². The van der Waals surface area contributed by atoms with Gasteiger partial charge in [0.2, 0.25) is 5.91 Å². The van der Waals surface area contributed by atoms with Crippen LogP contribution in [0.2, 0.25) is 0 Å². The lowest BCUT2D eigenvalue weighted by molar-refractivity contribution is -0.127. The third-order valence-electron chi connectivity index (χ3n) is 4.00. The molecule has 1 amide bonds. The predicted octanol–water partition coefficient (Wildman–Crippen LogP) is 2.98. The molecule has 98 valence electrons. The lowest BCUT2D eigenvalue weighted by atomic mass is 9.88. The highest BCUT2D eigenvalue weighted by Gasteiger charge is 2.37. The van der Waals surface area contributed by atoms with Crippen molar-refractivity contribution in [2.75, 3.05) is 10.6 Å². The number of hydrogen-bond acceptors (Lipinski definition) is 2. The maximum atomic E-state index is 12.7. The third-order valence-corrected chi connectivity index (χ3v) is 4.00. The number of fused-ring (bicyclic) bond motifs is 1. The van der Waals surface area contributed by atoms with Gasteiger partial charge in [-0.05, 0) is 43.5 Å². The fourth-order valence-corrected chi connectivity index (χ4v) is 2.44. The number of hydrogen-bond donors (Lipinski definition) is 1. The molecular weight excluding hydrogens is 224 g/mol. The summed E-state index contributed by atoms with van der Waals surface area (Å²) in [6.07, 6.45) is 1.74. The number of nitrogens with two attached hydrogens (primary N) is 1. The Kier molecular flexibility index (Phi) is 3.09. The Morgan fingerprint density at radius 2 is 2.17 bits per heavy atom. The summed E-state index contributed by atoms with van der Waals surface area (Å²) in [5, 5.41) is 0. The molecule has 1 atom stereocenters. The number of rotatable bonds is 2. The molecule has 3 nitrogen and oxygen atoms in total. The molecule has 1 unspecified atom stereocenters. The molecule has 2 N–H and O–H groups in total. The van der Waals surface area contributed by atoms with E-state index >= 15 is 0 Å². The largest absolute Gasteiger partial charge is 0.399 e. The standard InChI is InChI=1S/C15H22N2O/c1-5-15(3,4)14(18)17-10(2)8-11-9-12(16)6-7-13(11)17/h6-7,9-10H,5,8,16H2,1-4H3. The number of carbonyl (C=O) groups excluding carboxylic acids is 1. The minimum Gasteiger partial charge on any atom is -0.399 e. The van der Waals surface area contributed by atoms with Gasteiger partial charge in [0.1, 0.15) is 0 Å². The highest BCUT2D eigenvalue weighted by molar-refractivity contribution is 5.99. The third kappa shape index (κ3) is 1.98. The molecule has 1 aliphatic rings. The van der Waals surface area contributed by atoms with Crippen LogP contribution in [0, 0.1) is 5.41 Å². The van der Waals surface area contributed by atoms with Crippen molar-refractivity contribution < 1.29 is 4.79 Å². The van der Waals surface area contributed by atoms with Crippen molar-refractivity contribution in [1.82, 2.24) is 0 Å². The second kappa shape index (κ2) is 4.30. The Morgan fingerprint density at radius 1 is 1.50 bits per heavy atom. The average molecular weight is 246 g/mol. The fourth-order valence-electron chi connectivity index (χ4n) is 2.44. The zero-order chi connectivity index (χ0) is 13.5. The lowest BCUT2D eigenvalue weighted by Crippen LogP contribution is -2.43. The van der Waals surface area contributed by atoms with Crippen LogP contribution in [0.1, 0.15) is 39.7 Å². The lowest BCUT2D eigenvalue weighted by Gasteiger charge is -2.31. The summed E-state index contributed by atoms with van der Waals surface area (Å²) in [5.41, 5.74) is 8.48. The normalized spacial score (nSPS) is 18.9. The van der Waals surface area contributed by atoms with Crippen molar-refractivity contribution in [2.45, 2.75) is 46.6 Å². The van der Waals surface area contributed by atoms with Crippen LogP contribution in [-0.4, -0.2) is 11.9 Å². The van der Waals surface area contributed by atoms with Crippen LogP contribution in [0.4, 0.5) is 11.4 Å². The van der Waals surface area contributed by atoms with E-state index < -0.39 is 0 Å². The second-order valence-corrected chi connectivity index (χ2v) is 5.85. The van der Waals surface area contributed by atoms with Crippen molar-refractivity contribution in [2.24, 2.45) is 5.41 Å². The fraction of sp³-hybridized carbons (Fsp3) is 0.533. The molecule has 0 bridgehead atoms. The van der Waals surface area contributed by atoms with Gasteiger partial charge in [0.05, 0.1) is 0 Å². The average Bonchev–Trinajstić information content (AvgIpc) is 2.63. The number of benzene rings is 1. The van der Waals surface area contributed by atoms with Crippen LogP contribution >= 0.6 is 0 Å². The van der Waals surface area contributed by atoms with Crippen LogP contribution < -0.4 is 10.6 Å². The van der Waals surface area contributed by atoms with Crippen molar-refractivity contribution >= 4 is 17.3 Å². The number of nitrogen functional groups attached to an aromatic ring is 1. The first-order chi connectivity index (χ1) is 8.36. The van der Waals surface area contributed by atoms with Gasteiger partial charge >= 0.3 is 0 Å². The summed E-state index contributed by atoms with van der Waals surface area (Å²) in [6, 6.07) is 6.05. The van der Waals surface area contributed by atoms with Gasteiger partial charge in [-0.2, -0.15) is 0 Å². The molecule has 2 rings (SSSR count). The van der Waals surface area contributed by atoms with Crippen LogP contribution in [0.3, 0.4) is 0 Å². The summed E-state index contributed by atoms with van der Waals surface area (Å²) < 4.78 is 0. The van der Waals surface area contributed by atoms with Gasteiger partial charge in [0.25, 0.3) is 0 Å². The summed E-state index contributed by atoms with van der Waals surface area (Å²) in [7, 11) is 0. The zero-order valence-corrected chi connectivity index (χ0v) is 11.7. The van der Waals surface area contributed by atoms with Gasteiger partial charge in [-0.3, -0.25) is 4.79 Å². The van der Waals surface area contributed by atoms with Crippen molar-refractivity contribution in [3.05, 3.63) is 23.8 Å². The minimum absolute atomic E-state index is 0.209. The van der Waals surface area contributed by atoms with E-state index in [1.165, 1.54) is 5.56 Å². The number of amides is 1. The van der Waals surface area contributed by atoms with Gasteiger partial charge in [0.15, 0.2) is 0 Å². The van der Waals surface area contributed by atoms with Crippen molar-refractivity contribution in [3.8, 4) is 0 Å². The van der Waals surface area contributed by atoms with E-state index in [4.69, 9.17) is 5.73 Å². The first-order valence-electron chi connectivity index (χ1n) is 6.59. The Labute approximate surface area is 109 Å². The Morgan fingerprint density at radius 3 is 2.78 bits per heavy atom. The summed E-state index contributed by atoms with van der Waals surface area (Å²) in [5.74, 6) is 0.209. The van der Waals surface area contributed by atoms with Gasteiger partial charge in [-0.1, -0.05) is 20.8 Å². The molecule has 1 heterocycles. The van der Waals surface area contributed by atoms with E-state index in [9.17, 15) is 4.79 Å². The molecule has 0 radical (unpaired) electrons. The van der Waals surface area contributed by atoms with Crippen LogP contribution in [0.15, 0.2) is 18.2 Å². The molecule has 3 heteroatoms. The van der Waals surface area contributed by atoms with Gasteiger partial charge in [-0.25, -0.2) is 0 Å². The predicted molar refractivity (Wildman–Crippen MR) is 75.6 cm³/mol. The number of nitrogens with zero attached hydrogens (tertiary/aromatic N) is 1. The Hall–Kier alpha value is -1.51. The van der Waals surface area contributed by atoms with Gasteiger partial charge < -0.3 is 10.6 Å². The zero-order valence-electron chi connectivity index (χ0n) is 11.7. The highest BCUT2D eigenvalue weighted by atomic mass is 16.2. The molecule has 1 aliphatic heterocycles. The highest BCUT2D eigenvalue weighted by Crippen LogP contribution is 2.37. The molecule has 0 aliphatic carbocycles.